The van der Waals surface area contributed by atoms with Crippen LogP contribution in [-0.4, -0.2) is 39.3 Å². The van der Waals surface area contributed by atoms with Gasteiger partial charge < -0.3 is 10.1 Å². The molecule has 2 aliphatic rings. The number of carbonyl (C=O) groups is 1. The van der Waals surface area contributed by atoms with Crippen molar-refractivity contribution >= 4 is 11.6 Å². The standard InChI is InChI=1S/C17H22N4O2/c1-2-23-14-9-13(17(14)7-3-4-8-17)19-16(22)12-5-6-15-20-18-11-21(15)10-12/h5-6,10-11,13-14H,2-4,7-9H2,1H3,(H,19,22)/t13-,14-/m1/s1. The van der Waals surface area contributed by atoms with Gasteiger partial charge in [0.15, 0.2) is 5.65 Å². The van der Waals surface area contributed by atoms with Gasteiger partial charge in [0.2, 0.25) is 0 Å². The SMILES string of the molecule is CCO[C@@H]1C[C@@H](NC(=O)c2ccc3nncn3c2)C12CCCC2. The molecule has 0 unspecified atom stereocenters. The molecule has 2 atom stereocenters. The lowest BCUT2D eigenvalue weighted by atomic mass is 9.60. The van der Waals surface area contributed by atoms with Crippen LogP contribution in [0.4, 0.5) is 0 Å². The lowest BCUT2D eigenvalue weighted by molar-refractivity contribution is -0.127. The first-order valence-corrected chi connectivity index (χ1v) is 8.45. The highest BCUT2D eigenvalue weighted by atomic mass is 16.5. The third kappa shape index (κ3) is 2.32. The molecule has 1 N–H and O–H groups in total. The molecule has 2 heterocycles. The predicted molar refractivity (Wildman–Crippen MR) is 85.2 cm³/mol. The summed E-state index contributed by atoms with van der Waals surface area (Å²) >= 11 is 0. The Kier molecular flexibility index (Phi) is 3.56. The van der Waals surface area contributed by atoms with E-state index >= 15 is 0 Å². The van der Waals surface area contributed by atoms with E-state index in [2.05, 4.69) is 15.5 Å². The second kappa shape index (κ2) is 5.60. The fraction of sp³-hybridized carbons (Fsp3) is 0.588. The van der Waals surface area contributed by atoms with Crippen LogP contribution in [0.15, 0.2) is 24.7 Å². The number of nitrogens with one attached hydrogen (secondary N) is 1. The van der Waals surface area contributed by atoms with Crippen LogP contribution in [0.25, 0.3) is 5.65 Å². The maximum Gasteiger partial charge on any atom is 0.253 e. The van der Waals surface area contributed by atoms with Crippen molar-refractivity contribution in [2.24, 2.45) is 5.41 Å². The highest BCUT2D eigenvalue weighted by Gasteiger charge is 2.57. The number of fused-ring (bicyclic) bond motifs is 1. The van der Waals surface area contributed by atoms with Crippen molar-refractivity contribution in [3.8, 4) is 0 Å². The molecule has 1 spiro atoms. The second-order valence-corrected chi connectivity index (χ2v) is 6.66. The number of nitrogens with zero attached hydrogens (tertiary/aromatic N) is 3. The summed E-state index contributed by atoms with van der Waals surface area (Å²) in [6.07, 6.45) is 9.42. The third-order valence-electron chi connectivity index (χ3n) is 5.55. The maximum absolute atomic E-state index is 12.6. The Hall–Kier alpha value is -1.95. The minimum absolute atomic E-state index is 0.0215. The van der Waals surface area contributed by atoms with Crippen LogP contribution in [-0.2, 0) is 4.74 Å². The molecule has 1 amide bonds. The molecule has 2 aromatic heterocycles. The van der Waals surface area contributed by atoms with Crippen LogP contribution in [0, 0.1) is 5.41 Å². The molecule has 6 heteroatoms. The highest BCUT2D eigenvalue weighted by molar-refractivity contribution is 5.94. The molecule has 6 nitrogen and oxygen atoms in total. The summed E-state index contributed by atoms with van der Waals surface area (Å²) in [5.41, 5.74) is 1.55. The fourth-order valence-corrected chi connectivity index (χ4v) is 4.29. The van der Waals surface area contributed by atoms with Crippen LogP contribution in [0.1, 0.15) is 49.4 Å². The number of aromatic nitrogens is 3. The second-order valence-electron chi connectivity index (χ2n) is 6.66. The van der Waals surface area contributed by atoms with Crippen LogP contribution in [0.5, 0.6) is 0 Å². The van der Waals surface area contributed by atoms with Crippen molar-refractivity contribution < 1.29 is 9.53 Å². The predicted octanol–water partition coefficient (Wildman–Crippen LogP) is 2.20. The van der Waals surface area contributed by atoms with E-state index < -0.39 is 0 Å². The molecule has 0 bridgehead atoms. The van der Waals surface area contributed by atoms with Gasteiger partial charge in [-0.2, -0.15) is 0 Å². The lowest BCUT2D eigenvalue weighted by Gasteiger charge is -2.54. The van der Waals surface area contributed by atoms with Gasteiger partial charge in [0.25, 0.3) is 5.91 Å². The molecule has 2 fully saturated rings. The molecule has 4 rings (SSSR count). The number of carbonyl (C=O) groups excluding carboxylic acids is 1. The molecule has 0 saturated heterocycles. The summed E-state index contributed by atoms with van der Waals surface area (Å²) < 4.78 is 7.68. The monoisotopic (exact) mass is 314 g/mol. The Labute approximate surface area is 135 Å². The van der Waals surface area contributed by atoms with E-state index in [1.165, 1.54) is 12.8 Å². The molecule has 0 aliphatic heterocycles. The number of rotatable bonds is 4. The summed E-state index contributed by atoms with van der Waals surface area (Å²) in [5, 5.41) is 11.0. The topological polar surface area (TPSA) is 68.5 Å². The van der Waals surface area contributed by atoms with E-state index in [0.717, 1.165) is 31.5 Å². The lowest BCUT2D eigenvalue weighted by Crippen LogP contribution is -2.63. The van der Waals surface area contributed by atoms with Gasteiger partial charge in [-0.1, -0.05) is 12.8 Å². The zero-order valence-electron chi connectivity index (χ0n) is 13.4. The first-order valence-electron chi connectivity index (χ1n) is 8.45. The van der Waals surface area contributed by atoms with Crippen LogP contribution < -0.4 is 5.32 Å². The number of pyridine rings is 1. The minimum Gasteiger partial charge on any atom is -0.378 e. The van der Waals surface area contributed by atoms with Gasteiger partial charge in [0.1, 0.15) is 6.33 Å². The first-order chi connectivity index (χ1) is 11.2. The third-order valence-corrected chi connectivity index (χ3v) is 5.55. The van der Waals surface area contributed by atoms with E-state index in [1.807, 2.05) is 13.0 Å². The van der Waals surface area contributed by atoms with E-state index in [-0.39, 0.29) is 17.4 Å². The number of hydrogen-bond donors (Lipinski definition) is 1. The summed E-state index contributed by atoms with van der Waals surface area (Å²) in [7, 11) is 0. The average Bonchev–Trinajstić information content (AvgIpc) is 3.23. The van der Waals surface area contributed by atoms with E-state index in [1.54, 1.807) is 23.0 Å². The first kappa shape index (κ1) is 14.6. The van der Waals surface area contributed by atoms with Gasteiger partial charge in [-0.25, -0.2) is 0 Å². The number of amides is 1. The highest BCUT2D eigenvalue weighted by Crippen LogP contribution is 2.54. The van der Waals surface area contributed by atoms with Crippen molar-refractivity contribution in [2.45, 2.75) is 51.2 Å². The van der Waals surface area contributed by atoms with Crippen LogP contribution in [0.3, 0.4) is 0 Å². The zero-order valence-corrected chi connectivity index (χ0v) is 13.4. The Balaban J connectivity index is 1.50. The van der Waals surface area contributed by atoms with Gasteiger partial charge in [-0.15, -0.1) is 10.2 Å². The molecule has 122 valence electrons. The largest absolute Gasteiger partial charge is 0.378 e. The van der Waals surface area contributed by atoms with Crippen molar-refractivity contribution in [1.29, 1.82) is 0 Å². The molecule has 0 radical (unpaired) electrons. The summed E-state index contributed by atoms with van der Waals surface area (Å²) in [4.78, 5) is 12.6. The zero-order chi connectivity index (χ0) is 15.9. The van der Waals surface area contributed by atoms with Gasteiger partial charge in [0, 0.05) is 24.3 Å². The number of ether oxygens (including phenoxy) is 1. The van der Waals surface area contributed by atoms with E-state index in [0.29, 0.717) is 11.7 Å². The van der Waals surface area contributed by atoms with Gasteiger partial charge in [-0.3, -0.25) is 9.20 Å². The Bertz CT molecular complexity index is 720. The molecule has 2 saturated carbocycles. The summed E-state index contributed by atoms with van der Waals surface area (Å²) in [5.74, 6) is -0.0215. The van der Waals surface area contributed by atoms with Gasteiger partial charge in [-0.05, 0) is 38.3 Å². The normalized spacial score (nSPS) is 25.6. The Morgan fingerprint density at radius 1 is 1.43 bits per heavy atom. The summed E-state index contributed by atoms with van der Waals surface area (Å²) in [6, 6.07) is 3.85. The van der Waals surface area contributed by atoms with Crippen molar-refractivity contribution in [3.05, 3.63) is 30.2 Å². The minimum atomic E-state index is -0.0215. The van der Waals surface area contributed by atoms with Gasteiger partial charge >= 0.3 is 0 Å². The maximum atomic E-state index is 12.6. The Morgan fingerprint density at radius 2 is 2.26 bits per heavy atom. The molecular weight excluding hydrogens is 292 g/mol. The van der Waals surface area contributed by atoms with Crippen LogP contribution >= 0.6 is 0 Å². The molecule has 0 aromatic carbocycles. The van der Waals surface area contributed by atoms with Crippen molar-refractivity contribution in [3.63, 3.8) is 0 Å². The van der Waals surface area contributed by atoms with Gasteiger partial charge in [0.05, 0.1) is 11.7 Å². The Morgan fingerprint density at radius 3 is 3.04 bits per heavy atom. The average molecular weight is 314 g/mol. The molecular formula is C17H22N4O2. The molecule has 2 aromatic rings. The van der Waals surface area contributed by atoms with Crippen molar-refractivity contribution in [1.82, 2.24) is 19.9 Å². The van der Waals surface area contributed by atoms with Crippen LogP contribution in [0.2, 0.25) is 0 Å². The van der Waals surface area contributed by atoms with Crippen molar-refractivity contribution in [2.75, 3.05) is 6.61 Å². The number of hydrogen-bond acceptors (Lipinski definition) is 4. The molecule has 23 heavy (non-hydrogen) atoms. The van der Waals surface area contributed by atoms with E-state index in [9.17, 15) is 4.79 Å². The summed E-state index contributed by atoms with van der Waals surface area (Å²) in [6.45, 7) is 2.79. The quantitative estimate of drug-likeness (QED) is 0.939. The van der Waals surface area contributed by atoms with E-state index in [4.69, 9.17) is 4.74 Å². The smallest absolute Gasteiger partial charge is 0.253 e. The molecule has 2 aliphatic carbocycles. The fourth-order valence-electron chi connectivity index (χ4n) is 4.29.